The second-order valence-electron chi connectivity index (χ2n) is 8.44. The van der Waals surface area contributed by atoms with Crippen LogP contribution in [0.5, 0.6) is 0 Å². The van der Waals surface area contributed by atoms with E-state index < -0.39 is 0 Å². The number of carbonyl (C=O) groups excluding carboxylic acids is 3. The van der Waals surface area contributed by atoms with E-state index in [1.807, 2.05) is 24.3 Å². The Bertz CT molecular complexity index is 881. The molecular formula is C22H27N3O3S. The lowest BCUT2D eigenvalue weighted by atomic mass is 9.81. The van der Waals surface area contributed by atoms with Crippen LogP contribution in [0.1, 0.15) is 46.0 Å². The number of carbonyl (C=O) groups is 3. The summed E-state index contributed by atoms with van der Waals surface area (Å²) in [6, 6.07) is 7.84. The molecule has 4 rings (SSSR count). The minimum Gasteiger partial charge on any atom is -0.288 e. The van der Waals surface area contributed by atoms with Crippen molar-refractivity contribution < 1.29 is 14.4 Å². The zero-order chi connectivity index (χ0) is 20.5. The Morgan fingerprint density at radius 3 is 2.45 bits per heavy atom. The SMILES string of the molecule is CC(C)CN(C(=O)CCN1C(=O)[C@@H]2CCCC[C@H]2C1=O)c1nc2ccccc2s1. The normalized spacial score (nSPS) is 21.8. The van der Waals surface area contributed by atoms with Gasteiger partial charge in [0.25, 0.3) is 0 Å². The highest BCUT2D eigenvalue weighted by Crippen LogP contribution is 2.38. The molecule has 1 saturated carbocycles. The van der Waals surface area contributed by atoms with Gasteiger partial charge in [-0.15, -0.1) is 0 Å². The molecule has 0 spiro atoms. The molecule has 29 heavy (non-hydrogen) atoms. The van der Waals surface area contributed by atoms with Crippen molar-refractivity contribution in [3.8, 4) is 0 Å². The molecule has 7 heteroatoms. The van der Waals surface area contributed by atoms with E-state index in [4.69, 9.17) is 0 Å². The van der Waals surface area contributed by atoms with Crippen LogP contribution in [-0.2, 0) is 14.4 Å². The lowest BCUT2D eigenvalue weighted by Gasteiger charge is -2.23. The number of likely N-dealkylation sites (tertiary alicyclic amines) is 1. The monoisotopic (exact) mass is 413 g/mol. The van der Waals surface area contributed by atoms with E-state index in [9.17, 15) is 14.4 Å². The van der Waals surface area contributed by atoms with Crippen LogP contribution in [0.4, 0.5) is 5.13 Å². The summed E-state index contributed by atoms with van der Waals surface area (Å²) in [5, 5.41) is 0.678. The quantitative estimate of drug-likeness (QED) is 0.675. The molecule has 2 aromatic rings. The number of amides is 3. The summed E-state index contributed by atoms with van der Waals surface area (Å²) in [6.45, 7) is 4.85. The molecule has 2 atom stereocenters. The van der Waals surface area contributed by atoms with Gasteiger partial charge in [-0.1, -0.05) is 50.2 Å². The molecule has 0 radical (unpaired) electrons. The molecule has 0 N–H and O–H groups in total. The topological polar surface area (TPSA) is 70.6 Å². The van der Waals surface area contributed by atoms with Gasteiger partial charge in [-0.05, 0) is 30.9 Å². The first-order chi connectivity index (χ1) is 14.0. The third-order valence-electron chi connectivity index (χ3n) is 5.84. The number of hydrogen-bond donors (Lipinski definition) is 0. The van der Waals surface area contributed by atoms with Crippen molar-refractivity contribution in [3.63, 3.8) is 0 Å². The van der Waals surface area contributed by atoms with E-state index in [1.54, 1.807) is 4.90 Å². The van der Waals surface area contributed by atoms with Gasteiger partial charge in [0.05, 0.1) is 22.1 Å². The zero-order valence-corrected chi connectivity index (χ0v) is 17.8. The first-order valence-electron chi connectivity index (χ1n) is 10.5. The van der Waals surface area contributed by atoms with Crippen molar-refractivity contribution in [2.75, 3.05) is 18.0 Å². The van der Waals surface area contributed by atoms with Crippen molar-refractivity contribution in [1.29, 1.82) is 0 Å². The summed E-state index contributed by atoms with van der Waals surface area (Å²) in [7, 11) is 0. The van der Waals surface area contributed by atoms with Gasteiger partial charge in [0.2, 0.25) is 17.7 Å². The Kier molecular flexibility index (Phi) is 5.67. The van der Waals surface area contributed by atoms with Gasteiger partial charge in [-0.2, -0.15) is 0 Å². The van der Waals surface area contributed by atoms with Crippen molar-refractivity contribution in [2.45, 2.75) is 46.0 Å². The lowest BCUT2D eigenvalue weighted by Crippen LogP contribution is -2.39. The standard InChI is InChI=1S/C22H27N3O3S/c1-14(2)13-25(22-23-17-9-5-6-10-18(17)29-22)19(26)11-12-24-20(27)15-7-3-4-8-16(15)21(24)28/h5-6,9-10,14-16H,3-4,7-8,11-13H2,1-2H3/t15-,16-/m1/s1. The van der Waals surface area contributed by atoms with Gasteiger partial charge >= 0.3 is 0 Å². The molecule has 1 aliphatic carbocycles. The highest BCUT2D eigenvalue weighted by atomic mass is 32.1. The summed E-state index contributed by atoms with van der Waals surface area (Å²) < 4.78 is 1.04. The molecule has 0 unspecified atom stereocenters. The molecule has 1 aliphatic heterocycles. The fourth-order valence-corrected chi connectivity index (χ4v) is 5.41. The van der Waals surface area contributed by atoms with E-state index in [-0.39, 0.29) is 48.4 Å². The van der Waals surface area contributed by atoms with Crippen LogP contribution in [-0.4, -0.2) is 40.7 Å². The van der Waals surface area contributed by atoms with Crippen LogP contribution in [0.15, 0.2) is 24.3 Å². The van der Waals surface area contributed by atoms with Crippen LogP contribution >= 0.6 is 11.3 Å². The van der Waals surface area contributed by atoms with Crippen LogP contribution in [0.25, 0.3) is 10.2 Å². The summed E-state index contributed by atoms with van der Waals surface area (Å²) in [6.07, 6.45) is 3.74. The third-order valence-corrected chi connectivity index (χ3v) is 6.90. The highest BCUT2D eigenvalue weighted by Gasteiger charge is 2.47. The average Bonchev–Trinajstić information content (AvgIpc) is 3.24. The third kappa shape index (κ3) is 3.92. The molecule has 3 amide bonds. The van der Waals surface area contributed by atoms with Crippen LogP contribution in [0.2, 0.25) is 0 Å². The Morgan fingerprint density at radius 2 is 1.83 bits per heavy atom. The largest absolute Gasteiger partial charge is 0.288 e. The van der Waals surface area contributed by atoms with Crippen molar-refractivity contribution in [1.82, 2.24) is 9.88 Å². The fourth-order valence-electron chi connectivity index (χ4n) is 4.42. The molecule has 1 aromatic heterocycles. The van der Waals surface area contributed by atoms with Crippen molar-refractivity contribution in [3.05, 3.63) is 24.3 Å². The number of rotatable bonds is 6. The Labute approximate surface area is 174 Å². The van der Waals surface area contributed by atoms with Crippen molar-refractivity contribution >= 4 is 44.4 Å². The smallest absolute Gasteiger partial charge is 0.233 e. The lowest BCUT2D eigenvalue weighted by molar-refractivity contribution is -0.140. The number of hydrogen-bond acceptors (Lipinski definition) is 5. The molecular weight excluding hydrogens is 386 g/mol. The number of fused-ring (bicyclic) bond motifs is 2. The van der Waals surface area contributed by atoms with Gasteiger partial charge in [-0.3, -0.25) is 24.2 Å². The Hall–Kier alpha value is -2.28. The number of thiazole rings is 1. The number of nitrogens with zero attached hydrogens (tertiary/aromatic N) is 3. The summed E-state index contributed by atoms with van der Waals surface area (Å²) in [4.78, 5) is 46.1. The maximum absolute atomic E-state index is 13.1. The maximum Gasteiger partial charge on any atom is 0.233 e. The molecule has 1 saturated heterocycles. The molecule has 0 bridgehead atoms. The zero-order valence-electron chi connectivity index (χ0n) is 17.0. The van der Waals surface area contributed by atoms with Crippen LogP contribution in [0.3, 0.4) is 0 Å². The first kappa shape index (κ1) is 20.0. The predicted molar refractivity (Wildman–Crippen MR) is 114 cm³/mol. The molecule has 6 nitrogen and oxygen atoms in total. The van der Waals surface area contributed by atoms with E-state index in [2.05, 4.69) is 18.8 Å². The fraction of sp³-hybridized carbons (Fsp3) is 0.545. The summed E-state index contributed by atoms with van der Waals surface area (Å²) in [5.74, 6) is -0.298. The molecule has 154 valence electrons. The molecule has 1 aromatic carbocycles. The number of imide groups is 1. The summed E-state index contributed by atoms with van der Waals surface area (Å²) >= 11 is 1.50. The van der Waals surface area contributed by atoms with Gasteiger partial charge in [0, 0.05) is 19.5 Å². The number of para-hydroxylation sites is 1. The van der Waals surface area contributed by atoms with Crippen LogP contribution in [0, 0.1) is 17.8 Å². The second kappa shape index (κ2) is 8.22. The molecule has 2 fully saturated rings. The molecule has 2 heterocycles. The minimum atomic E-state index is -0.164. The van der Waals surface area contributed by atoms with E-state index in [0.717, 1.165) is 35.9 Å². The Morgan fingerprint density at radius 1 is 1.17 bits per heavy atom. The predicted octanol–water partition coefficient (Wildman–Crippen LogP) is 3.85. The minimum absolute atomic E-state index is 0.0807. The van der Waals surface area contributed by atoms with E-state index in [1.165, 1.54) is 16.2 Å². The maximum atomic E-state index is 13.1. The summed E-state index contributed by atoms with van der Waals surface area (Å²) in [5.41, 5.74) is 0.878. The van der Waals surface area contributed by atoms with Crippen molar-refractivity contribution in [2.24, 2.45) is 17.8 Å². The van der Waals surface area contributed by atoms with Gasteiger partial charge in [0.15, 0.2) is 5.13 Å². The van der Waals surface area contributed by atoms with Gasteiger partial charge < -0.3 is 0 Å². The Balaban J connectivity index is 1.48. The van der Waals surface area contributed by atoms with E-state index in [0.29, 0.717) is 11.7 Å². The van der Waals surface area contributed by atoms with Gasteiger partial charge in [-0.25, -0.2) is 4.98 Å². The average molecular weight is 414 g/mol. The first-order valence-corrected chi connectivity index (χ1v) is 11.3. The second-order valence-corrected chi connectivity index (χ2v) is 9.45. The highest BCUT2D eigenvalue weighted by molar-refractivity contribution is 7.22. The van der Waals surface area contributed by atoms with Gasteiger partial charge in [0.1, 0.15) is 0 Å². The molecule has 2 aliphatic rings. The number of benzene rings is 1. The van der Waals surface area contributed by atoms with Crippen LogP contribution < -0.4 is 4.90 Å². The number of anilines is 1. The number of aromatic nitrogens is 1. The van der Waals surface area contributed by atoms with E-state index >= 15 is 0 Å².